The maximum atomic E-state index is 4.85. The first-order chi connectivity index (χ1) is 14.4. The van der Waals surface area contributed by atoms with Crippen molar-refractivity contribution in [3.05, 3.63) is 103 Å². The summed E-state index contributed by atoms with van der Waals surface area (Å²) in [6.45, 7) is 0. The molecule has 2 heteroatoms. The molecular formula is C27H17NS. The molecule has 4 aromatic carbocycles. The first kappa shape index (κ1) is 16.5. The summed E-state index contributed by atoms with van der Waals surface area (Å²) in [4.78, 5) is 6.13. The Morgan fingerprint density at radius 3 is 2.17 bits per heavy atom. The molecule has 1 nitrogen and oxygen atoms in total. The summed E-state index contributed by atoms with van der Waals surface area (Å²) in [5.41, 5.74) is 3.52. The van der Waals surface area contributed by atoms with Crippen LogP contribution in [-0.2, 0) is 0 Å². The van der Waals surface area contributed by atoms with E-state index in [4.69, 9.17) is 4.98 Å². The van der Waals surface area contributed by atoms with E-state index in [1.54, 1.807) is 0 Å². The summed E-state index contributed by atoms with van der Waals surface area (Å²) in [5, 5.41) is 6.31. The van der Waals surface area contributed by atoms with E-state index in [2.05, 4.69) is 97.1 Å². The fourth-order valence-corrected chi connectivity index (χ4v) is 5.32. The number of benzene rings is 4. The molecule has 0 aliphatic rings. The molecule has 0 radical (unpaired) electrons. The van der Waals surface area contributed by atoms with Gasteiger partial charge in [-0.05, 0) is 50.7 Å². The Labute approximate surface area is 172 Å². The summed E-state index contributed by atoms with van der Waals surface area (Å²) in [6, 6.07) is 34.5. The van der Waals surface area contributed by atoms with Crippen molar-refractivity contribution < 1.29 is 0 Å². The van der Waals surface area contributed by atoms with E-state index in [1.807, 2.05) is 17.5 Å². The second-order valence-corrected chi connectivity index (χ2v) is 8.30. The van der Waals surface area contributed by atoms with Gasteiger partial charge in [0, 0.05) is 16.6 Å². The van der Waals surface area contributed by atoms with Crippen molar-refractivity contribution in [2.45, 2.75) is 0 Å². The molecule has 2 heterocycles. The molecule has 0 N–H and O–H groups in total. The quantitative estimate of drug-likeness (QED) is 0.275. The van der Waals surface area contributed by atoms with Gasteiger partial charge < -0.3 is 0 Å². The monoisotopic (exact) mass is 387 g/mol. The van der Waals surface area contributed by atoms with Crippen LogP contribution in [0.1, 0.15) is 0 Å². The zero-order chi connectivity index (χ0) is 19.2. The normalized spacial score (nSPS) is 11.4. The zero-order valence-electron chi connectivity index (χ0n) is 15.7. The van der Waals surface area contributed by atoms with E-state index in [1.165, 1.54) is 47.6 Å². The highest BCUT2D eigenvalue weighted by atomic mass is 32.1. The Balaban J connectivity index is 1.68. The van der Waals surface area contributed by atoms with Gasteiger partial charge in [-0.3, -0.25) is 4.98 Å². The third-order valence-electron chi connectivity index (χ3n) is 5.52. The average Bonchev–Trinajstić information content (AvgIpc) is 3.24. The second-order valence-electron chi connectivity index (χ2n) is 7.25. The number of hydrogen-bond donors (Lipinski definition) is 0. The van der Waals surface area contributed by atoms with Crippen molar-refractivity contribution >= 4 is 43.0 Å². The van der Waals surface area contributed by atoms with Crippen LogP contribution in [0.15, 0.2) is 103 Å². The van der Waals surface area contributed by atoms with Gasteiger partial charge >= 0.3 is 0 Å². The predicted octanol–water partition coefficient (Wildman–Crippen LogP) is 7.94. The molecule has 0 unspecified atom stereocenters. The van der Waals surface area contributed by atoms with Gasteiger partial charge in [0.2, 0.25) is 0 Å². The fourth-order valence-electron chi connectivity index (χ4n) is 4.15. The summed E-state index contributed by atoms with van der Waals surface area (Å²) in [6.07, 6.45) is 1.93. The van der Waals surface area contributed by atoms with Gasteiger partial charge in [-0.1, -0.05) is 78.9 Å². The van der Waals surface area contributed by atoms with E-state index in [0.29, 0.717) is 0 Å². The number of thiophene rings is 1. The van der Waals surface area contributed by atoms with E-state index in [9.17, 15) is 0 Å². The van der Waals surface area contributed by atoms with Crippen molar-refractivity contribution in [3.63, 3.8) is 0 Å². The third kappa shape index (κ3) is 2.65. The van der Waals surface area contributed by atoms with Crippen LogP contribution < -0.4 is 0 Å². The van der Waals surface area contributed by atoms with Crippen LogP contribution in [0, 0.1) is 0 Å². The standard InChI is InChI=1S/C27H17NS/c1-2-8-18(9-3-1)25-17-20-14-15-28-26(27(20)29-25)24-16-19-10-4-5-11-21(19)22-12-6-7-13-23(22)24/h1-17H. The van der Waals surface area contributed by atoms with Crippen LogP contribution in [0.5, 0.6) is 0 Å². The van der Waals surface area contributed by atoms with E-state index in [-0.39, 0.29) is 0 Å². The number of rotatable bonds is 2. The second kappa shape index (κ2) is 6.54. The van der Waals surface area contributed by atoms with Crippen molar-refractivity contribution in [2.75, 3.05) is 0 Å². The molecule has 0 atom stereocenters. The maximum absolute atomic E-state index is 4.85. The number of fused-ring (bicyclic) bond motifs is 4. The lowest BCUT2D eigenvalue weighted by Crippen LogP contribution is -1.87. The van der Waals surface area contributed by atoms with Crippen LogP contribution in [0.25, 0.3) is 53.3 Å². The molecule has 0 aliphatic heterocycles. The molecule has 2 aromatic heterocycles. The Morgan fingerprint density at radius 1 is 0.586 bits per heavy atom. The van der Waals surface area contributed by atoms with Crippen molar-refractivity contribution in [1.29, 1.82) is 0 Å². The van der Waals surface area contributed by atoms with Crippen LogP contribution in [0.2, 0.25) is 0 Å². The maximum Gasteiger partial charge on any atom is 0.0886 e. The molecule has 6 rings (SSSR count). The van der Waals surface area contributed by atoms with E-state index in [0.717, 1.165) is 5.69 Å². The van der Waals surface area contributed by atoms with Gasteiger partial charge in [0.1, 0.15) is 0 Å². The predicted molar refractivity (Wildman–Crippen MR) is 126 cm³/mol. The molecule has 0 bridgehead atoms. The smallest absolute Gasteiger partial charge is 0.0886 e. The van der Waals surface area contributed by atoms with Gasteiger partial charge in [-0.15, -0.1) is 11.3 Å². The highest BCUT2D eigenvalue weighted by Crippen LogP contribution is 2.41. The topological polar surface area (TPSA) is 12.9 Å². The minimum atomic E-state index is 1.07. The molecule has 0 fully saturated rings. The zero-order valence-corrected chi connectivity index (χ0v) is 16.5. The summed E-state index contributed by atoms with van der Waals surface area (Å²) in [7, 11) is 0. The summed E-state index contributed by atoms with van der Waals surface area (Å²) >= 11 is 1.82. The number of pyridine rings is 1. The van der Waals surface area contributed by atoms with Crippen LogP contribution in [0.4, 0.5) is 0 Å². The van der Waals surface area contributed by atoms with Crippen LogP contribution in [0.3, 0.4) is 0 Å². The molecule has 136 valence electrons. The largest absolute Gasteiger partial charge is 0.255 e. The molecule has 0 amide bonds. The lowest BCUT2D eigenvalue weighted by molar-refractivity contribution is 1.37. The van der Waals surface area contributed by atoms with Crippen LogP contribution in [-0.4, -0.2) is 4.98 Å². The lowest BCUT2D eigenvalue weighted by Gasteiger charge is -2.11. The molecule has 0 aliphatic carbocycles. The van der Waals surface area contributed by atoms with E-state index < -0.39 is 0 Å². The van der Waals surface area contributed by atoms with Gasteiger partial charge in [0.15, 0.2) is 0 Å². The first-order valence-electron chi connectivity index (χ1n) is 9.73. The van der Waals surface area contributed by atoms with E-state index >= 15 is 0 Å². The Hall–Kier alpha value is -3.49. The molecule has 6 aromatic rings. The molecule has 0 saturated heterocycles. The average molecular weight is 388 g/mol. The summed E-state index contributed by atoms with van der Waals surface area (Å²) in [5.74, 6) is 0. The molecule has 0 saturated carbocycles. The number of aromatic nitrogens is 1. The summed E-state index contributed by atoms with van der Waals surface area (Å²) < 4.78 is 1.24. The van der Waals surface area contributed by atoms with Crippen molar-refractivity contribution in [2.24, 2.45) is 0 Å². The van der Waals surface area contributed by atoms with Crippen molar-refractivity contribution in [3.8, 4) is 21.7 Å². The van der Waals surface area contributed by atoms with Gasteiger partial charge in [0.25, 0.3) is 0 Å². The van der Waals surface area contributed by atoms with Crippen LogP contribution >= 0.6 is 11.3 Å². The molecule has 29 heavy (non-hydrogen) atoms. The minimum Gasteiger partial charge on any atom is -0.255 e. The Morgan fingerprint density at radius 2 is 1.31 bits per heavy atom. The third-order valence-corrected chi connectivity index (χ3v) is 6.72. The molecular weight excluding hydrogens is 370 g/mol. The van der Waals surface area contributed by atoms with Crippen molar-refractivity contribution in [1.82, 2.24) is 4.98 Å². The van der Waals surface area contributed by atoms with Gasteiger partial charge in [-0.25, -0.2) is 0 Å². The van der Waals surface area contributed by atoms with Gasteiger partial charge in [0.05, 0.1) is 10.4 Å². The number of nitrogens with zero attached hydrogens (tertiary/aromatic N) is 1. The SMILES string of the molecule is c1ccc(-c2cc3ccnc(-c4cc5ccccc5c5ccccc45)c3s2)cc1. The Kier molecular flexibility index (Phi) is 3.71. The minimum absolute atomic E-state index is 1.07. The highest BCUT2D eigenvalue weighted by Gasteiger charge is 2.14. The first-order valence-corrected chi connectivity index (χ1v) is 10.5. The highest BCUT2D eigenvalue weighted by molar-refractivity contribution is 7.22. The lowest BCUT2D eigenvalue weighted by atomic mass is 9.95. The Bertz CT molecular complexity index is 1500. The number of hydrogen-bond acceptors (Lipinski definition) is 2. The molecule has 0 spiro atoms. The fraction of sp³-hybridized carbons (Fsp3) is 0. The van der Waals surface area contributed by atoms with Gasteiger partial charge in [-0.2, -0.15) is 0 Å².